The number of benzene rings is 2. The van der Waals surface area contributed by atoms with E-state index in [1.54, 1.807) is 11.9 Å². The lowest BCUT2D eigenvalue weighted by molar-refractivity contribution is -0.125. The number of anilines is 2. The van der Waals surface area contributed by atoms with Crippen LogP contribution in [0.15, 0.2) is 79.8 Å². The summed E-state index contributed by atoms with van der Waals surface area (Å²) >= 11 is 0. The second kappa shape index (κ2) is 9.45. The third kappa shape index (κ3) is 4.02. The van der Waals surface area contributed by atoms with Crippen LogP contribution in [0.3, 0.4) is 0 Å². The molecule has 1 aliphatic heterocycles. The van der Waals surface area contributed by atoms with Crippen LogP contribution in [0.1, 0.15) is 29.2 Å². The molecule has 8 heteroatoms. The highest BCUT2D eigenvalue weighted by Crippen LogP contribution is 2.46. The topological polar surface area (TPSA) is 97.4 Å². The fourth-order valence-electron chi connectivity index (χ4n) is 6.16. The third-order valence-electron chi connectivity index (χ3n) is 8.14. The van der Waals surface area contributed by atoms with Crippen LogP contribution in [0.5, 0.6) is 0 Å². The summed E-state index contributed by atoms with van der Waals surface area (Å²) in [6.45, 7) is 5.19. The minimum atomic E-state index is -0.0745. The van der Waals surface area contributed by atoms with Crippen LogP contribution in [-0.2, 0) is 4.79 Å². The molecular formula is C30H30N6O2. The van der Waals surface area contributed by atoms with Crippen molar-refractivity contribution in [3.63, 3.8) is 0 Å². The fourth-order valence-corrected chi connectivity index (χ4v) is 6.16. The minimum absolute atomic E-state index is 0.0158. The van der Waals surface area contributed by atoms with Gasteiger partial charge in [0.05, 0.1) is 5.39 Å². The number of likely N-dealkylation sites (tertiary alicyclic amines) is 1. The molecule has 6 rings (SSSR count). The van der Waals surface area contributed by atoms with Gasteiger partial charge >= 0.3 is 0 Å². The molecular weight excluding hydrogens is 476 g/mol. The molecule has 0 spiro atoms. The zero-order valence-electron chi connectivity index (χ0n) is 21.3. The highest BCUT2D eigenvalue weighted by Gasteiger charge is 2.43. The molecule has 8 nitrogen and oxygen atoms in total. The molecule has 2 N–H and O–H groups in total. The Morgan fingerprint density at radius 2 is 1.71 bits per heavy atom. The maximum Gasteiger partial charge on any atom is 0.258 e. The molecule has 0 radical (unpaired) electrons. The second-order valence-electron chi connectivity index (χ2n) is 10.3. The van der Waals surface area contributed by atoms with Crippen LogP contribution in [0.2, 0.25) is 0 Å². The molecule has 4 aromatic rings. The average molecular weight is 507 g/mol. The molecule has 2 unspecified atom stereocenters. The summed E-state index contributed by atoms with van der Waals surface area (Å²) in [7, 11) is 1.78. The van der Waals surface area contributed by atoms with E-state index in [4.69, 9.17) is 5.73 Å². The van der Waals surface area contributed by atoms with Gasteiger partial charge in [-0.25, -0.2) is 9.97 Å². The lowest BCUT2D eigenvalue weighted by atomic mass is 10.0. The fraction of sp³-hybridized carbons (Fsp3) is 0.267. The van der Waals surface area contributed by atoms with Crippen molar-refractivity contribution in [1.29, 1.82) is 0 Å². The Hall–Kier alpha value is -4.46. The molecule has 38 heavy (non-hydrogen) atoms. The molecule has 2 aromatic carbocycles. The van der Waals surface area contributed by atoms with Crippen molar-refractivity contribution in [1.82, 2.24) is 19.4 Å². The number of nitrogen functional groups attached to an aromatic ring is 1. The van der Waals surface area contributed by atoms with Gasteiger partial charge in [0.1, 0.15) is 17.8 Å². The highest BCUT2D eigenvalue weighted by molar-refractivity contribution is 6.06. The smallest absolute Gasteiger partial charge is 0.258 e. The molecule has 0 bridgehead atoms. The summed E-state index contributed by atoms with van der Waals surface area (Å²) in [4.78, 5) is 37.6. The molecule has 192 valence electrons. The Morgan fingerprint density at radius 3 is 2.37 bits per heavy atom. The van der Waals surface area contributed by atoms with Gasteiger partial charge in [0.15, 0.2) is 0 Å². The van der Waals surface area contributed by atoms with Crippen LogP contribution in [0.25, 0.3) is 22.2 Å². The van der Waals surface area contributed by atoms with Gasteiger partial charge in [-0.1, -0.05) is 36.9 Å². The molecule has 2 aromatic heterocycles. The molecule has 1 aliphatic carbocycles. The van der Waals surface area contributed by atoms with E-state index in [0.717, 1.165) is 53.8 Å². The van der Waals surface area contributed by atoms with Crippen LogP contribution < -0.4 is 10.6 Å². The second-order valence-corrected chi connectivity index (χ2v) is 10.3. The monoisotopic (exact) mass is 506 g/mol. The highest BCUT2D eigenvalue weighted by atomic mass is 16.2. The van der Waals surface area contributed by atoms with Crippen molar-refractivity contribution in [3.8, 4) is 11.1 Å². The largest absolute Gasteiger partial charge is 0.383 e. The predicted molar refractivity (Wildman–Crippen MR) is 149 cm³/mol. The molecule has 3 heterocycles. The van der Waals surface area contributed by atoms with Crippen LogP contribution >= 0.6 is 0 Å². The number of carbonyl (C=O) groups excluding carboxylic acids is 2. The molecule has 2 aliphatic rings. The average Bonchev–Trinajstić information content (AvgIpc) is 3.65. The molecule has 1 saturated carbocycles. The van der Waals surface area contributed by atoms with E-state index in [0.29, 0.717) is 23.2 Å². The summed E-state index contributed by atoms with van der Waals surface area (Å²) in [5.41, 5.74) is 10.5. The summed E-state index contributed by atoms with van der Waals surface area (Å²) in [6, 6.07) is 17.5. The number of fused-ring (bicyclic) bond motifs is 2. The third-order valence-corrected chi connectivity index (χ3v) is 8.14. The summed E-state index contributed by atoms with van der Waals surface area (Å²) < 4.78 is 2.24. The van der Waals surface area contributed by atoms with Gasteiger partial charge in [-0.05, 0) is 60.6 Å². The number of hydrogen-bond acceptors (Lipinski definition) is 5. The van der Waals surface area contributed by atoms with Gasteiger partial charge in [0.25, 0.3) is 5.91 Å². The molecule has 2 fully saturated rings. The van der Waals surface area contributed by atoms with Crippen LogP contribution in [0.4, 0.5) is 11.5 Å². The summed E-state index contributed by atoms with van der Waals surface area (Å²) in [5.74, 6) is 1.32. The number of carbonyl (C=O) groups is 2. The molecule has 2 amide bonds. The Labute approximate surface area is 221 Å². The van der Waals surface area contributed by atoms with E-state index in [1.807, 2.05) is 59.5 Å². The van der Waals surface area contributed by atoms with Crippen molar-refractivity contribution in [2.45, 2.75) is 18.9 Å². The van der Waals surface area contributed by atoms with E-state index in [9.17, 15) is 9.59 Å². The Morgan fingerprint density at radius 1 is 1.03 bits per heavy atom. The lowest BCUT2D eigenvalue weighted by Gasteiger charge is -2.19. The first-order valence-electron chi connectivity index (χ1n) is 12.9. The SMILES string of the molecule is C=CC(=O)N1CC2CC(n3cc(-c4ccc(C(=O)N(C)c5ccccc5)cc4)c4c(N)ncnc43)CC2C1. The Balaban J connectivity index is 1.29. The van der Waals surface area contributed by atoms with Crippen molar-refractivity contribution < 1.29 is 9.59 Å². The van der Waals surface area contributed by atoms with Gasteiger partial charge in [0, 0.05) is 49.2 Å². The number of nitrogens with zero attached hydrogens (tertiary/aromatic N) is 5. The van der Waals surface area contributed by atoms with Crippen molar-refractivity contribution >= 4 is 34.4 Å². The normalized spacial score (nSPS) is 20.4. The van der Waals surface area contributed by atoms with Gasteiger partial charge in [-0.2, -0.15) is 0 Å². The first-order valence-corrected chi connectivity index (χ1v) is 12.9. The van der Waals surface area contributed by atoms with Crippen LogP contribution in [0, 0.1) is 11.8 Å². The number of hydrogen-bond donors (Lipinski definition) is 1. The minimum Gasteiger partial charge on any atom is -0.383 e. The number of amides is 2. The van der Waals surface area contributed by atoms with Gasteiger partial charge in [0.2, 0.25) is 5.91 Å². The van der Waals surface area contributed by atoms with Crippen LogP contribution in [-0.4, -0.2) is 51.4 Å². The predicted octanol–water partition coefficient (Wildman–Crippen LogP) is 4.55. The lowest BCUT2D eigenvalue weighted by Crippen LogP contribution is -2.28. The number of nitrogens with two attached hydrogens (primary N) is 1. The quantitative estimate of drug-likeness (QED) is 0.401. The Kier molecular flexibility index (Phi) is 5.94. The van der Waals surface area contributed by atoms with Gasteiger partial charge < -0.3 is 20.1 Å². The van der Waals surface area contributed by atoms with Gasteiger partial charge in [-0.3, -0.25) is 9.59 Å². The van der Waals surface area contributed by atoms with Gasteiger partial charge in [-0.15, -0.1) is 0 Å². The summed E-state index contributed by atoms with van der Waals surface area (Å²) in [6.07, 6.45) is 7.01. The number of aromatic nitrogens is 3. The molecule has 2 atom stereocenters. The zero-order chi connectivity index (χ0) is 26.4. The molecule has 1 saturated heterocycles. The first-order chi connectivity index (χ1) is 18.4. The maximum atomic E-state index is 13.1. The van der Waals surface area contributed by atoms with Crippen molar-refractivity contribution in [2.75, 3.05) is 30.8 Å². The van der Waals surface area contributed by atoms with E-state index >= 15 is 0 Å². The maximum absolute atomic E-state index is 13.1. The van der Waals surface area contributed by atoms with E-state index in [1.165, 1.54) is 12.4 Å². The van der Waals surface area contributed by atoms with Crippen molar-refractivity contribution in [3.05, 3.63) is 85.3 Å². The standard InChI is InChI=1S/C30H30N6O2/c1-3-26(37)35-15-21-13-24(14-22(21)16-35)36-17-25(27-28(31)32-18-33-29(27)36)19-9-11-20(12-10-19)30(38)34(2)23-7-5-4-6-8-23/h3-12,17-18,21-22,24H,1,13-16H2,2H3,(H2,31,32,33). The number of rotatable bonds is 5. The van der Waals surface area contributed by atoms with E-state index < -0.39 is 0 Å². The zero-order valence-corrected chi connectivity index (χ0v) is 21.3. The Bertz CT molecular complexity index is 1510. The number of para-hydroxylation sites is 1. The van der Waals surface area contributed by atoms with E-state index in [2.05, 4.69) is 27.3 Å². The van der Waals surface area contributed by atoms with E-state index in [-0.39, 0.29) is 17.9 Å². The summed E-state index contributed by atoms with van der Waals surface area (Å²) in [5, 5.41) is 0.827. The van der Waals surface area contributed by atoms with Crippen molar-refractivity contribution in [2.24, 2.45) is 11.8 Å². The first kappa shape index (κ1) is 23.9.